The average Bonchev–Trinajstić information content (AvgIpc) is 3.34. The molecular weight excluding hydrogens is 530 g/mol. The highest BCUT2D eigenvalue weighted by Crippen LogP contribution is 2.48. The predicted octanol–water partition coefficient (Wildman–Crippen LogP) is 2.54. The molecule has 208 valence electrons. The number of nitrogens with zero attached hydrogens (tertiary/aromatic N) is 2. The lowest BCUT2D eigenvalue weighted by atomic mass is 9.86. The Morgan fingerprint density at radius 3 is 2.58 bits per heavy atom. The Morgan fingerprint density at radius 2 is 1.85 bits per heavy atom. The predicted molar refractivity (Wildman–Crippen MR) is 152 cm³/mol. The van der Waals surface area contributed by atoms with Crippen LogP contribution in [0.5, 0.6) is 11.5 Å². The van der Waals surface area contributed by atoms with Crippen LogP contribution >= 0.6 is 11.8 Å². The molecule has 4 heterocycles. The van der Waals surface area contributed by atoms with Crippen molar-refractivity contribution >= 4 is 35.3 Å². The highest BCUT2D eigenvalue weighted by Gasteiger charge is 2.52. The summed E-state index contributed by atoms with van der Waals surface area (Å²) in [5, 5.41) is 20.0. The van der Waals surface area contributed by atoms with E-state index in [1.807, 2.05) is 54.6 Å². The Morgan fingerprint density at radius 1 is 1.10 bits per heavy atom. The minimum absolute atomic E-state index is 0.0599. The molecular formula is C29H31N5O5S. The van der Waals surface area contributed by atoms with E-state index >= 15 is 0 Å². The Hall–Kier alpha value is -3.80. The van der Waals surface area contributed by atoms with Crippen molar-refractivity contribution in [1.29, 1.82) is 0 Å². The average molecular weight is 562 g/mol. The van der Waals surface area contributed by atoms with Crippen LogP contribution in [0.3, 0.4) is 0 Å². The monoisotopic (exact) mass is 561 g/mol. The summed E-state index contributed by atoms with van der Waals surface area (Å²) in [6.07, 6.45) is 1.50. The lowest BCUT2D eigenvalue weighted by molar-refractivity contribution is -0.130. The van der Waals surface area contributed by atoms with Crippen molar-refractivity contribution in [1.82, 2.24) is 20.9 Å². The molecule has 40 heavy (non-hydrogen) atoms. The minimum Gasteiger partial charge on any atom is -0.457 e. The maximum absolute atomic E-state index is 13.5. The molecule has 0 radical (unpaired) electrons. The summed E-state index contributed by atoms with van der Waals surface area (Å²) in [5.41, 5.74) is 1.39. The number of aliphatic hydroxyl groups excluding tert-OH is 1. The van der Waals surface area contributed by atoms with Gasteiger partial charge in [-0.05, 0) is 61.9 Å². The topological polar surface area (TPSA) is 123 Å². The lowest BCUT2D eigenvalue weighted by Gasteiger charge is -2.45. The summed E-state index contributed by atoms with van der Waals surface area (Å²) in [6, 6.07) is 16.1. The third kappa shape index (κ3) is 4.96. The summed E-state index contributed by atoms with van der Waals surface area (Å²) in [4.78, 5) is 42.5. The molecule has 0 aromatic heterocycles. The normalized spacial score (nSPS) is 27.5. The molecule has 4 aliphatic rings. The Bertz CT molecular complexity index is 1350. The number of nitrogens with one attached hydrogen (secondary N) is 3. The largest absolute Gasteiger partial charge is 0.457 e. The maximum atomic E-state index is 13.5. The first-order chi connectivity index (χ1) is 19.4. The van der Waals surface area contributed by atoms with Crippen molar-refractivity contribution in [2.24, 2.45) is 5.92 Å². The van der Waals surface area contributed by atoms with Gasteiger partial charge in [-0.3, -0.25) is 14.5 Å². The van der Waals surface area contributed by atoms with Gasteiger partial charge in [-0.15, -0.1) is 0 Å². The van der Waals surface area contributed by atoms with Gasteiger partial charge in [0.1, 0.15) is 11.5 Å². The summed E-state index contributed by atoms with van der Waals surface area (Å²) >= 11 is 1.42. The number of piperidine rings is 2. The van der Waals surface area contributed by atoms with E-state index in [2.05, 4.69) is 22.5 Å². The van der Waals surface area contributed by atoms with Gasteiger partial charge in [-0.1, -0.05) is 36.5 Å². The number of urea groups is 1. The Balaban J connectivity index is 1.18. The lowest BCUT2D eigenvalue weighted by Crippen LogP contribution is -2.62. The molecule has 0 bridgehead atoms. The van der Waals surface area contributed by atoms with Crippen LogP contribution in [0.25, 0.3) is 0 Å². The second-order valence-electron chi connectivity index (χ2n) is 10.3. The van der Waals surface area contributed by atoms with Gasteiger partial charge in [0.2, 0.25) is 5.91 Å². The van der Waals surface area contributed by atoms with Gasteiger partial charge >= 0.3 is 6.03 Å². The van der Waals surface area contributed by atoms with E-state index in [9.17, 15) is 19.5 Å². The molecule has 2 aromatic carbocycles. The number of rotatable bonds is 6. The van der Waals surface area contributed by atoms with Crippen molar-refractivity contribution in [3.63, 3.8) is 0 Å². The van der Waals surface area contributed by atoms with Crippen LogP contribution in [0, 0.1) is 5.92 Å². The fourth-order valence-corrected chi connectivity index (χ4v) is 7.28. The molecule has 0 saturated carbocycles. The molecule has 2 aromatic rings. The van der Waals surface area contributed by atoms with Gasteiger partial charge in [-0.25, -0.2) is 4.79 Å². The third-order valence-corrected chi connectivity index (χ3v) is 9.18. The number of ether oxygens (including phenoxy) is 1. The second kappa shape index (κ2) is 11.0. The molecule has 10 nitrogen and oxygen atoms in total. The first kappa shape index (κ1) is 26.4. The third-order valence-electron chi connectivity index (χ3n) is 7.83. The summed E-state index contributed by atoms with van der Waals surface area (Å²) in [5.74, 6) is 0.759. The zero-order valence-corrected chi connectivity index (χ0v) is 22.6. The SMILES string of the molecule is C=CC(=O)N1CC[C@@H](NC(=O)C2=C3NC(=O)N(c4ccc(Oc5ccccc5)cc4)C4CCNC(S2)C34)[C@@H](O)C1. The first-order valence-corrected chi connectivity index (χ1v) is 14.3. The van der Waals surface area contributed by atoms with Gasteiger partial charge in [0, 0.05) is 30.4 Å². The number of para-hydroxylation sites is 1. The van der Waals surface area contributed by atoms with Crippen LogP contribution in [0.1, 0.15) is 12.8 Å². The number of anilines is 1. The highest BCUT2D eigenvalue weighted by atomic mass is 32.2. The molecule has 3 unspecified atom stereocenters. The van der Waals surface area contributed by atoms with Gasteiger partial charge in [0.15, 0.2) is 0 Å². The van der Waals surface area contributed by atoms with E-state index in [0.717, 1.165) is 17.9 Å². The van der Waals surface area contributed by atoms with E-state index in [1.54, 1.807) is 4.90 Å². The highest BCUT2D eigenvalue weighted by molar-refractivity contribution is 8.04. The maximum Gasteiger partial charge on any atom is 0.326 e. The first-order valence-electron chi connectivity index (χ1n) is 13.4. The number of likely N-dealkylation sites (tertiary alicyclic amines) is 1. The molecule has 3 saturated heterocycles. The number of hydrogen-bond donors (Lipinski definition) is 4. The summed E-state index contributed by atoms with van der Waals surface area (Å²) in [6.45, 7) is 4.76. The quantitative estimate of drug-likeness (QED) is 0.400. The van der Waals surface area contributed by atoms with E-state index in [-0.39, 0.29) is 41.7 Å². The van der Waals surface area contributed by atoms with E-state index in [1.165, 1.54) is 22.7 Å². The zero-order valence-electron chi connectivity index (χ0n) is 21.8. The standard InChI is InChI=1S/C29H31N5O5S/c1-2-23(36)33-15-13-20(22(35)16-33)31-27(37)26-25-24-21(12-14-30-28(24)40-26)34(29(38)32-25)17-8-10-19(11-9-17)39-18-6-4-3-5-7-18/h2-11,20-22,24,28,30,35H,1,12-16H2,(H,31,37)(H,32,38)/t20-,21?,22+,24?,28?/m1/s1. The molecule has 5 atom stereocenters. The van der Waals surface area contributed by atoms with Crippen molar-refractivity contribution in [3.8, 4) is 11.5 Å². The number of β-amino-alcohol motifs (C(OH)–C–C–N with tert-alkyl or cyclic N) is 1. The minimum atomic E-state index is -0.892. The summed E-state index contributed by atoms with van der Waals surface area (Å²) < 4.78 is 5.91. The molecule has 3 fully saturated rings. The molecule has 11 heteroatoms. The van der Waals surface area contributed by atoms with Crippen LogP contribution in [0.4, 0.5) is 10.5 Å². The smallest absolute Gasteiger partial charge is 0.326 e. The number of hydrogen-bond acceptors (Lipinski definition) is 7. The van der Waals surface area contributed by atoms with Crippen LogP contribution in [-0.4, -0.2) is 71.0 Å². The van der Waals surface area contributed by atoms with Crippen molar-refractivity contribution < 1.29 is 24.2 Å². The molecule has 0 spiro atoms. The fraction of sp³-hybridized carbons (Fsp3) is 0.345. The number of carbonyl (C=O) groups is 3. The number of benzene rings is 2. The van der Waals surface area contributed by atoms with Crippen molar-refractivity contribution in [3.05, 3.63) is 77.9 Å². The van der Waals surface area contributed by atoms with Gasteiger partial charge in [0.25, 0.3) is 5.91 Å². The molecule has 4 amide bonds. The van der Waals surface area contributed by atoms with Crippen molar-refractivity contribution in [2.45, 2.75) is 36.4 Å². The second-order valence-corrected chi connectivity index (χ2v) is 11.4. The van der Waals surface area contributed by atoms with E-state index < -0.39 is 12.1 Å². The Kier molecular flexibility index (Phi) is 7.26. The van der Waals surface area contributed by atoms with Gasteiger partial charge < -0.3 is 30.7 Å². The molecule has 0 aliphatic carbocycles. The fourth-order valence-electron chi connectivity index (χ4n) is 5.89. The van der Waals surface area contributed by atoms with Crippen LogP contribution < -0.4 is 25.6 Å². The summed E-state index contributed by atoms with van der Waals surface area (Å²) in [7, 11) is 0. The van der Waals surface area contributed by atoms with Gasteiger partial charge in [0.05, 0.1) is 28.5 Å². The number of thioether (sulfide) groups is 1. The van der Waals surface area contributed by atoms with E-state index in [4.69, 9.17) is 4.74 Å². The van der Waals surface area contributed by atoms with Crippen LogP contribution in [0.2, 0.25) is 0 Å². The van der Waals surface area contributed by atoms with E-state index in [0.29, 0.717) is 35.9 Å². The van der Waals surface area contributed by atoms with Crippen molar-refractivity contribution in [2.75, 3.05) is 24.5 Å². The van der Waals surface area contributed by atoms with Gasteiger partial charge in [-0.2, -0.15) is 0 Å². The van der Waals surface area contributed by atoms with Crippen LogP contribution in [-0.2, 0) is 9.59 Å². The number of carbonyl (C=O) groups excluding carboxylic acids is 3. The van der Waals surface area contributed by atoms with Crippen LogP contribution in [0.15, 0.2) is 77.9 Å². The molecule has 6 rings (SSSR count). The zero-order chi connectivity index (χ0) is 27.8. The number of aliphatic hydroxyl groups is 1. The molecule has 4 N–H and O–H groups in total. The molecule has 4 aliphatic heterocycles. The Labute approximate surface area is 236 Å². The number of amides is 4.